The molecule has 160 valence electrons. The third-order valence-electron chi connectivity index (χ3n) is 4.54. The summed E-state index contributed by atoms with van der Waals surface area (Å²) in [6.45, 7) is 6.29. The summed E-state index contributed by atoms with van der Waals surface area (Å²) < 4.78 is 7.75. The topological polar surface area (TPSA) is 76.4 Å². The van der Waals surface area contributed by atoms with E-state index in [0.717, 1.165) is 23.0 Å². The summed E-state index contributed by atoms with van der Waals surface area (Å²) in [6.07, 6.45) is 0. The molecule has 0 amide bonds. The minimum Gasteiger partial charge on any atom is -0.492 e. The van der Waals surface area contributed by atoms with E-state index in [4.69, 9.17) is 4.74 Å². The largest absolute Gasteiger partial charge is 0.492 e. The van der Waals surface area contributed by atoms with Gasteiger partial charge in [0.15, 0.2) is 11.8 Å². The number of hydrogen-bond donors (Lipinski definition) is 2. The van der Waals surface area contributed by atoms with Crippen LogP contribution < -0.4 is 15.4 Å². The van der Waals surface area contributed by atoms with Gasteiger partial charge in [0.1, 0.15) is 18.2 Å². The van der Waals surface area contributed by atoms with Gasteiger partial charge in [-0.05, 0) is 31.5 Å². The minimum atomic E-state index is 0. The highest BCUT2D eigenvalue weighted by Gasteiger charge is 2.06. The maximum Gasteiger partial charge on any atom is 0.192 e. The first-order valence-corrected chi connectivity index (χ1v) is 9.72. The lowest BCUT2D eigenvalue weighted by Gasteiger charge is -2.13. The molecule has 1 aromatic heterocycles. The molecule has 0 saturated heterocycles. The van der Waals surface area contributed by atoms with Crippen molar-refractivity contribution >= 4 is 29.9 Å². The smallest absolute Gasteiger partial charge is 0.192 e. The highest BCUT2D eigenvalue weighted by molar-refractivity contribution is 14.0. The molecule has 2 aromatic carbocycles. The van der Waals surface area contributed by atoms with E-state index in [1.807, 2.05) is 61.0 Å². The standard InChI is InChI=1S/C22H28N6O.HI/c1-17-9-11-20(12-10-17)29-14-13-23-22(24-15-19-7-5-4-6-8-19)25-16-21-27-26-18(2)28(21)3;/h4-12H,13-16H2,1-3H3,(H2,23,24,25);1H. The van der Waals surface area contributed by atoms with Gasteiger partial charge in [0.05, 0.1) is 19.6 Å². The van der Waals surface area contributed by atoms with Crippen molar-refractivity contribution in [2.75, 3.05) is 13.2 Å². The number of guanidine groups is 1. The molecular formula is C22H29IN6O. The third kappa shape index (κ3) is 7.33. The van der Waals surface area contributed by atoms with Gasteiger partial charge in [0.25, 0.3) is 0 Å². The number of aliphatic imine (C=N–C) groups is 1. The number of aryl methyl sites for hydroxylation is 2. The fourth-order valence-corrected chi connectivity index (χ4v) is 2.67. The van der Waals surface area contributed by atoms with Crippen molar-refractivity contribution in [1.82, 2.24) is 25.4 Å². The van der Waals surface area contributed by atoms with E-state index < -0.39 is 0 Å². The molecule has 0 unspecified atom stereocenters. The Morgan fingerprint density at radius 3 is 2.40 bits per heavy atom. The number of ether oxygens (including phenoxy) is 1. The SMILES string of the molecule is Cc1ccc(OCCNC(=NCc2ccccc2)NCc2nnc(C)n2C)cc1.I. The molecule has 0 aliphatic rings. The van der Waals surface area contributed by atoms with Crippen molar-refractivity contribution in [1.29, 1.82) is 0 Å². The van der Waals surface area contributed by atoms with Gasteiger partial charge in [-0.25, -0.2) is 4.99 Å². The molecule has 0 saturated carbocycles. The molecule has 0 bridgehead atoms. The number of nitrogens with one attached hydrogen (secondary N) is 2. The molecule has 0 fully saturated rings. The monoisotopic (exact) mass is 520 g/mol. The first kappa shape index (κ1) is 23.7. The number of hydrogen-bond acceptors (Lipinski definition) is 4. The van der Waals surface area contributed by atoms with Crippen molar-refractivity contribution < 1.29 is 4.74 Å². The summed E-state index contributed by atoms with van der Waals surface area (Å²) in [5, 5.41) is 14.9. The van der Waals surface area contributed by atoms with Gasteiger partial charge in [-0.2, -0.15) is 0 Å². The van der Waals surface area contributed by atoms with Crippen LogP contribution in [0.25, 0.3) is 0 Å². The molecule has 0 spiro atoms. The Bertz CT molecular complexity index is 925. The highest BCUT2D eigenvalue weighted by atomic mass is 127. The van der Waals surface area contributed by atoms with Crippen LogP contribution in [0, 0.1) is 13.8 Å². The Morgan fingerprint density at radius 2 is 1.73 bits per heavy atom. The van der Waals surface area contributed by atoms with Crippen LogP contribution in [0.2, 0.25) is 0 Å². The van der Waals surface area contributed by atoms with Gasteiger partial charge < -0.3 is 19.9 Å². The Labute approximate surface area is 195 Å². The van der Waals surface area contributed by atoms with Crippen molar-refractivity contribution in [3.05, 3.63) is 77.4 Å². The Balaban J connectivity index is 0.00000320. The molecular weight excluding hydrogens is 491 g/mol. The number of rotatable bonds is 8. The van der Waals surface area contributed by atoms with E-state index in [1.54, 1.807) is 0 Å². The Kier molecular flexibility index (Phi) is 9.59. The van der Waals surface area contributed by atoms with Crippen LogP contribution in [0.15, 0.2) is 59.6 Å². The molecule has 0 aliphatic heterocycles. The molecule has 0 aliphatic carbocycles. The predicted molar refractivity (Wildman–Crippen MR) is 130 cm³/mol. The number of benzene rings is 2. The van der Waals surface area contributed by atoms with Gasteiger partial charge in [0.2, 0.25) is 0 Å². The lowest BCUT2D eigenvalue weighted by Crippen LogP contribution is -2.39. The summed E-state index contributed by atoms with van der Waals surface area (Å²) in [5.41, 5.74) is 2.37. The molecule has 1 heterocycles. The van der Waals surface area contributed by atoms with Gasteiger partial charge in [0, 0.05) is 7.05 Å². The molecule has 0 atom stereocenters. The molecule has 3 rings (SSSR count). The van der Waals surface area contributed by atoms with Crippen LogP contribution in [0.5, 0.6) is 5.75 Å². The average molecular weight is 520 g/mol. The van der Waals surface area contributed by atoms with E-state index >= 15 is 0 Å². The first-order valence-electron chi connectivity index (χ1n) is 9.72. The first-order chi connectivity index (χ1) is 14.1. The number of aromatic nitrogens is 3. The van der Waals surface area contributed by atoms with Crippen LogP contribution >= 0.6 is 24.0 Å². The second-order valence-corrected chi connectivity index (χ2v) is 6.81. The zero-order chi connectivity index (χ0) is 20.5. The van der Waals surface area contributed by atoms with Crippen LogP contribution in [-0.4, -0.2) is 33.9 Å². The fourth-order valence-electron chi connectivity index (χ4n) is 2.67. The fraction of sp³-hybridized carbons (Fsp3) is 0.318. The lowest BCUT2D eigenvalue weighted by molar-refractivity contribution is 0.322. The summed E-state index contributed by atoms with van der Waals surface area (Å²) in [6, 6.07) is 18.2. The Morgan fingerprint density at radius 1 is 1.00 bits per heavy atom. The van der Waals surface area contributed by atoms with Gasteiger partial charge in [-0.3, -0.25) is 0 Å². The van der Waals surface area contributed by atoms with Gasteiger partial charge in [-0.1, -0.05) is 48.0 Å². The zero-order valence-corrected chi connectivity index (χ0v) is 20.0. The van der Waals surface area contributed by atoms with Crippen molar-refractivity contribution in [3.8, 4) is 5.75 Å². The normalized spacial score (nSPS) is 11.0. The number of nitrogens with zero attached hydrogens (tertiary/aromatic N) is 4. The summed E-state index contributed by atoms with van der Waals surface area (Å²) in [5.74, 6) is 3.31. The van der Waals surface area contributed by atoms with E-state index in [9.17, 15) is 0 Å². The molecule has 7 nitrogen and oxygen atoms in total. The molecule has 8 heteroatoms. The second kappa shape index (κ2) is 12.2. The molecule has 2 N–H and O–H groups in total. The summed E-state index contributed by atoms with van der Waals surface area (Å²) >= 11 is 0. The van der Waals surface area contributed by atoms with Gasteiger partial charge >= 0.3 is 0 Å². The van der Waals surface area contributed by atoms with Crippen LogP contribution in [0.3, 0.4) is 0 Å². The van der Waals surface area contributed by atoms with Crippen molar-refractivity contribution in [3.63, 3.8) is 0 Å². The second-order valence-electron chi connectivity index (χ2n) is 6.81. The number of halogens is 1. The maximum atomic E-state index is 5.79. The average Bonchev–Trinajstić information content (AvgIpc) is 3.06. The van der Waals surface area contributed by atoms with Crippen LogP contribution in [-0.2, 0) is 20.1 Å². The van der Waals surface area contributed by atoms with Crippen molar-refractivity contribution in [2.45, 2.75) is 26.9 Å². The molecule has 30 heavy (non-hydrogen) atoms. The molecule has 3 aromatic rings. The van der Waals surface area contributed by atoms with Gasteiger partial charge in [-0.15, -0.1) is 34.2 Å². The highest BCUT2D eigenvalue weighted by Crippen LogP contribution is 2.10. The lowest BCUT2D eigenvalue weighted by atomic mass is 10.2. The third-order valence-corrected chi connectivity index (χ3v) is 4.54. The van der Waals surface area contributed by atoms with Crippen LogP contribution in [0.4, 0.5) is 0 Å². The predicted octanol–water partition coefficient (Wildman–Crippen LogP) is 3.36. The van der Waals surface area contributed by atoms with E-state index in [2.05, 4.69) is 44.9 Å². The van der Waals surface area contributed by atoms with E-state index in [1.165, 1.54) is 5.56 Å². The molecule has 0 radical (unpaired) electrons. The maximum absolute atomic E-state index is 5.79. The van der Waals surface area contributed by atoms with E-state index in [0.29, 0.717) is 32.2 Å². The minimum absolute atomic E-state index is 0. The van der Waals surface area contributed by atoms with Crippen LogP contribution in [0.1, 0.15) is 22.8 Å². The van der Waals surface area contributed by atoms with Crippen molar-refractivity contribution in [2.24, 2.45) is 12.0 Å². The quantitative estimate of drug-likeness (QED) is 0.206. The summed E-state index contributed by atoms with van der Waals surface area (Å²) in [4.78, 5) is 4.68. The summed E-state index contributed by atoms with van der Waals surface area (Å²) in [7, 11) is 1.95. The Hall–Kier alpha value is -2.62. The zero-order valence-electron chi connectivity index (χ0n) is 17.6. The van der Waals surface area contributed by atoms with E-state index in [-0.39, 0.29) is 24.0 Å².